The Morgan fingerprint density at radius 3 is 2.94 bits per heavy atom. The van der Waals surface area contributed by atoms with Crippen molar-refractivity contribution in [3.05, 3.63) is 51.2 Å². The van der Waals surface area contributed by atoms with Crippen molar-refractivity contribution in [2.75, 3.05) is 0 Å². The lowest BCUT2D eigenvalue weighted by atomic mass is 10.1. The standard InChI is InChI=1S/C12H11ClFNOS/c13-10-3-1-2-8(12(10)14)6-9(16)7-11-15-4-5-17-11/h1-5,9,16H,6-7H2. The molecule has 0 saturated carbocycles. The van der Waals surface area contributed by atoms with Gasteiger partial charge in [-0.15, -0.1) is 11.3 Å². The highest BCUT2D eigenvalue weighted by Gasteiger charge is 2.13. The van der Waals surface area contributed by atoms with Gasteiger partial charge in [0.05, 0.1) is 16.1 Å². The fraction of sp³-hybridized carbons (Fsp3) is 0.250. The zero-order valence-corrected chi connectivity index (χ0v) is 10.5. The maximum absolute atomic E-state index is 13.6. The Morgan fingerprint density at radius 2 is 2.24 bits per heavy atom. The summed E-state index contributed by atoms with van der Waals surface area (Å²) in [5.74, 6) is -0.452. The summed E-state index contributed by atoms with van der Waals surface area (Å²) >= 11 is 7.15. The van der Waals surface area contributed by atoms with Crippen LogP contribution in [0.2, 0.25) is 5.02 Å². The predicted octanol–water partition coefficient (Wildman–Crippen LogP) is 3.08. The maximum Gasteiger partial charge on any atom is 0.145 e. The molecule has 1 aromatic carbocycles. The number of hydrogen-bond donors (Lipinski definition) is 1. The zero-order valence-electron chi connectivity index (χ0n) is 8.94. The van der Waals surface area contributed by atoms with Crippen molar-refractivity contribution in [3.8, 4) is 0 Å². The normalized spacial score (nSPS) is 12.6. The summed E-state index contributed by atoms with van der Waals surface area (Å²) in [6, 6.07) is 4.80. The first-order valence-electron chi connectivity index (χ1n) is 5.16. The van der Waals surface area contributed by atoms with Gasteiger partial charge >= 0.3 is 0 Å². The van der Waals surface area contributed by atoms with Gasteiger partial charge in [0, 0.05) is 24.4 Å². The third kappa shape index (κ3) is 3.25. The van der Waals surface area contributed by atoms with Crippen molar-refractivity contribution in [2.24, 2.45) is 0 Å². The summed E-state index contributed by atoms with van der Waals surface area (Å²) < 4.78 is 13.6. The van der Waals surface area contributed by atoms with Crippen LogP contribution in [0.25, 0.3) is 0 Å². The first-order chi connectivity index (χ1) is 8.16. The molecular formula is C12H11ClFNOS. The molecule has 1 atom stereocenters. The van der Waals surface area contributed by atoms with E-state index < -0.39 is 11.9 Å². The molecule has 1 N–H and O–H groups in total. The Kier molecular flexibility index (Phi) is 4.10. The van der Waals surface area contributed by atoms with Gasteiger partial charge in [-0.2, -0.15) is 0 Å². The minimum absolute atomic E-state index is 0.0870. The molecule has 0 saturated heterocycles. The molecule has 0 aliphatic heterocycles. The van der Waals surface area contributed by atoms with Crippen LogP contribution in [0.15, 0.2) is 29.8 Å². The molecule has 2 rings (SSSR count). The summed E-state index contributed by atoms with van der Waals surface area (Å²) in [6.45, 7) is 0. The van der Waals surface area contributed by atoms with Gasteiger partial charge in [-0.1, -0.05) is 23.7 Å². The van der Waals surface area contributed by atoms with Crippen molar-refractivity contribution in [3.63, 3.8) is 0 Å². The highest BCUT2D eigenvalue weighted by molar-refractivity contribution is 7.09. The summed E-state index contributed by atoms with van der Waals surface area (Å²) in [6.07, 6.45) is 1.72. The molecule has 17 heavy (non-hydrogen) atoms. The first kappa shape index (κ1) is 12.5. The van der Waals surface area contributed by atoms with Crippen LogP contribution in [0.4, 0.5) is 4.39 Å². The summed E-state index contributed by atoms with van der Waals surface area (Å²) in [7, 11) is 0. The molecule has 0 aliphatic carbocycles. The lowest BCUT2D eigenvalue weighted by Crippen LogP contribution is -2.14. The Balaban J connectivity index is 2.03. The van der Waals surface area contributed by atoms with Crippen molar-refractivity contribution in [1.82, 2.24) is 4.98 Å². The molecule has 90 valence electrons. The monoisotopic (exact) mass is 271 g/mol. The molecule has 0 aliphatic rings. The second-order valence-electron chi connectivity index (χ2n) is 3.70. The van der Waals surface area contributed by atoms with Crippen molar-refractivity contribution < 1.29 is 9.50 Å². The highest BCUT2D eigenvalue weighted by Crippen LogP contribution is 2.20. The number of benzene rings is 1. The molecule has 0 fully saturated rings. The van der Waals surface area contributed by atoms with E-state index in [2.05, 4.69) is 4.98 Å². The third-order valence-electron chi connectivity index (χ3n) is 2.38. The van der Waals surface area contributed by atoms with Crippen molar-refractivity contribution in [2.45, 2.75) is 18.9 Å². The molecular weight excluding hydrogens is 261 g/mol. The van der Waals surface area contributed by atoms with Gasteiger partial charge in [-0.05, 0) is 11.6 Å². The number of rotatable bonds is 4. The number of aromatic nitrogens is 1. The zero-order chi connectivity index (χ0) is 12.3. The number of aliphatic hydroxyl groups excluding tert-OH is 1. The van der Waals surface area contributed by atoms with E-state index in [1.165, 1.54) is 17.4 Å². The minimum Gasteiger partial charge on any atom is -0.392 e. The molecule has 1 aromatic heterocycles. The van der Waals surface area contributed by atoms with Gasteiger partial charge in [0.15, 0.2) is 0 Å². The average molecular weight is 272 g/mol. The fourth-order valence-corrected chi connectivity index (χ4v) is 2.47. The largest absolute Gasteiger partial charge is 0.392 e. The predicted molar refractivity (Wildman–Crippen MR) is 66.9 cm³/mol. The van der Waals surface area contributed by atoms with Crippen LogP contribution in [0.1, 0.15) is 10.6 Å². The summed E-state index contributed by atoms with van der Waals surface area (Å²) in [5.41, 5.74) is 0.432. The molecule has 0 spiro atoms. The molecule has 0 amide bonds. The van der Waals surface area contributed by atoms with E-state index >= 15 is 0 Å². The van der Waals surface area contributed by atoms with Crippen LogP contribution >= 0.6 is 22.9 Å². The van der Waals surface area contributed by atoms with Crippen LogP contribution in [0.3, 0.4) is 0 Å². The quantitative estimate of drug-likeness (QED) is 0.927. The van der Waals surface area contributed by atoms with Crippen LogP contribution in [-0.2, 0) is 12.8 Å². The molecule has 2 aromatic rings. The van der Waals surface area contributed by atoms with Gasteiger partial charge in [0.1, 0.15) is 5.82 Å². The lowest BCUT2D eigenvalue weighted by Gasteiger charge is -2.10. The van der Waals surface area contributed by atoms with E-state index in [0.29, 0.717) is 12.0 Å². The molecule has 5 heteroatoms. The molecule has 2 nitrogen and oxygen atoms in total. The van der Waals surface area contributed by atoms with Gasteiger partial charge in [0.25, 0.3) is 0 Å². The van der Waals surface area contributed by atoms with E-state index in [-0.39, 0.29) is 11.4 Å². The molecule has 0 radical (unpaired) electrons. The minimum atomic E-state index is -0.644. The summed E-state index contributed by atoms with van der Waals surface area (Å²) in [4.78, 5) is 4.08. The van der Waals surface area contributed by atoms with E-state index in [9.17, 15) is 9.50 Å². The Morgan fingerprint density at radius 1 is 1.41 bits per heavy atom. The third-order valence-corrected chi connectivity index (χ3v) is 3.47. The van der Waals surface area contributed by atoms with Crippen LogP contribution in [0.5, 0.6) is 0 Å². The van der Waals surface area contributed by atoms with Gasteiger partial charge in [-0.25, -0.2) is 9.37 Å². The first-order valence-corrected chi connectivity index (χ1v) is 6.42. The van der Waals surface area contributed by atoms with Crippen LogP contribution in [-0.4, -0.2) is 16.2 Å². The lowest BCUT2D eigenvalue weighted by molar-refractivity contribution is 0.174. The Labute approximate surface area is 108 Å². The van der Waals surface area contributed by atoms with Crippen molar-refractivity contribution >= 4 is 22.9 Å². The van der Waals surface area contributed by atoms with E-state index in [0.717, 1.165) is 5.01 Å². The number of halogens is 2. The highest BCUT2D eigenvalue weighted by atomic mass is 35.5. The number of thiazole rings is 1. The van der Waals surface area contributed by atoms with Gasteiger partial charge < -0.3 is 5.11 Å². The molecule has 0 bridgehead atoms. The molecule has 1 heterocycles. The van der Waals surface area contributed by atoms with Gasteiger partial charge in [0.2, 0.25) is 0 Å². The van der Waals surface area contributed by atoms with E-state index in [1.807, 2.05) is 5.38 Å². The smallest absolute Gasteiger partial charge is 0.145 e. The fourth-order valence-electron chi connectivity index (χ4n) is 1.59. The van der Waals surface area contributed by atoms with Crippen LogP contribution in [0, 0.1) is 5.82 Å². The maximum atomic E-state index is 13.6. The van der Waals surface area contributed by atoms with Gasteiger partial charge in [-0.3, -0.25) is 0 Å². The second kappa shape index (κ2) is 5.58. The second-order valence-corrected chi connectivity index (χ2v) is 5.09. The van der Waals surface area contributed by atoms with Crippen LogP contribution < -0.4 is 0 Å². The Bertz CT molecular complexity index is 489. The summed E-state index contributed by atoms with van der Waals surface area (Å²) in [5, 5.41) is 12.6. The average Bonchev–Trinajstić information content (AvgIpc) is 2.77. The SMILES string of the molecule is OC(Cc1nccs1)Cc1cccc(Cl)c1F. The van der Waals surface area contributed by atoms with Crippen molar-refractivity contribution in [1.29, 1.82) is 0 Å². The van der Waals surface area contributed by atoms with E-state index in [4.69, 9.17) is 11.6 Å². The number of nitrogens with zero attached hydrogens (tertiary/aromatic N) is 1. The van der Waals surface area contributed by atoms with E-state index in [1.54, 1.807) is 18.3 Å². The topological polar surface area (TPSA) is 33.1 Å². The Hall–Kier alpha value is -0.970. The molecule has 1 unspecified atom stereocenters. The number of aliphatic hydroxyl groups is 1. The number of hydrogen-bond acceptors (Lipinski definition) is 3.